The highest BCUT2D eigenvalue weighted by Crippen LogP contribution is 2.32. The second-order valence-corrected chi connectivity index (χ2v) is 5.05. The molecule has 3 rings (SSSR count). The van der Waals surface area contributed by atoms with E-state index in [1.54, 1.807) is 12.3 Å². The quantitative estimate of drug-likeness (QED) is 0.728. The molecule has 0 fully saturated rings. The molecule has 2 N–H and O–H groups in total. The SMILES string of the molecule is CNc1ccc(-c2cnc(-c3cccc(C(F)(F)F)c3)[nH]2)cc1. The number of hydrogen-bond donors (Lipinski definition) is 2. The number of imidazole rings is 1. The van der Waals surface area contributed by atoms with E-state index in [-0.39, 0.29) is 0 Å². The zero-order valence-electron chi connectivity index (χ0n) is 12.3. The van der Waals surface area contributed by atoms with Gasteiger partial charge in [-0.1, -0.05) is 24.3 Å². The molecule has 0 bridgehead atoms. The molecule has 0 unspecified atom stereocenters. The van der Waals surface area contributed by atoms with E-state index in [2.05, 4.69) is 15.3 Å². The molecule has 0 aliphatic carbocycles. The number of aromatic nitrogens is 2. The summed E-state index contributed by atoms with van der Waals surface area (Å²) in [4.78, 5) is 7.25. The summed E-state index contributed by atoms with van der Waals surface area (Å²) in [5, 5.41) is 3.02. The van der Waals surface area contributed by atoms with Gasteiger partial charge in [-0.3, -0.25) is 0 Å². The first-order chi connectivity index (χ1) is 11.0. The smallest absolute Gasteiger partial charge is 0.388 e. The molecule has 3 aromatic rings. The third-order valence-corrected chi connectivity index (χ3v) is 3.52. The minimum absolute atomic E-state index is 0.401. The molecule has 23 heavy (non-hydrogen) atoms. The Hall–Kier alpha value is -2.76. The average molecular weight is 317 g/mol. The Morgan fingerprint density at radius 3 is 2.39 bits per heavy atom. The molecule has 0 saturated heterocycles. The summed E-state index contributed by atoms with van der Waals surface area (Å²) in [5.41, 5.74) is 2.35. The van der Waals surface area contributed by atoms with E-state index in [0.29, 0.717) is 11.4 Å². The second kappa shape index (κ2) is 5.79. The third kappa shape index (κ3) is 3.21. The molecule has 2 aromatic carbocycles. The van der Waals surface area contributed by atoms with Gasteiger partial charge in [0.15, 0.2) is 0 Å². The largest absolute Gasteiger partial charge is 0.416 e. The molecule has 0 amide bonds. The Bertz CT molecular complexity index is 804. The van der Waals surface area contributed by atoms with Gasteiger partial charge in [0.25, 0.3) is 0 Å². The van der Waals surface area contributed by atoms with Crippen molar-refractivity contribution in [2.24, 2.45) is 0 Å². The highest BCUT2D eigenvalue weighted by molar-refractivity contribution is 5.66. The summed E-state index contributed by atoms with van der Waals surface area (Å²) in [5.74, 6) is 0.406. The fourth-order valence-electron chi connectivity index (χ4n) is 2.27. The third-order valence-electron chi connectivity index (χ3n) is 3.52. The number of anilines is 1. The van der Waals surface area contributed by atoms with Crippen LogP contribution in [0.4, 0.5) is 18.9 Å². The van der Waals surface area contributed by atoms with Crippen molar-refractivity contribution in [3.05, 3.63) is 60.3 Å². The summed E-state index contributed by atoms with van der Waals surface area (Å²) in [6.07, 6.45) is -2.75. The lowest BCUT2D eigenvalue weighted by molar-refractivity contribution is -0.137. The van der Waals surface area contributed by atoms with Crippen LogP contribution in [0, 0.1) is 0 Å². The van der Waals surface area contributed by atoms with Gasteiger partial charge in [-0.05, 0) is 29.8 Å². The lowest BCUT2D eigenvalue weighted by Crippen LogP contribution is -2.04. The summed E-state index contributed by atoms with van der Waals surface area (Å²) in [6, 6.07) is 12.8. The predicted molar refractivity (Wildman–Crippen MR) is 84.0 cm³/mol. The van der Waals surface area contributed by atoms with E-state index in [4.69, 9.17) is 0 Å². The first-order valence-corrected chi connectivity index (χ1v) is 6.98. The monoisotopic (exact) mass is 317 g/mol. The molecule has 0 radical (unpaired) electrons. The van der Waals surface area contributed by atoms with Crippen LogP contribution in [0.1, 0.15) is 5.56 Å². The number of benzene rings is 2. The van der Waals surface area contributed by atoms with Crippen molar-refractivity contribution in [1.29, 1.82) is 0 Å². The van der Waals surface area contributed by atoms with Gasteiger partial charge in [0, 0.05) is 18.3 Å². The van der Waals surface area contributed by atoms with Crippen LogP contribution in [-0.4, -0.2) is 17.0 Å². The maximum absolute atomic E-state index is 12.8. The molecule has 0 atom stereocenters. The number of hydrogen-bond acceptors (Lipinski definition) is 2. The minimum atomic E-state index is -4.37. The highest BCUT2D eigenvalue weighted by atomic mass is 19.4. The molecule has 118 valence electrons. The zero-order chi connectivity index (χ0) is 16.4. The van der Waals surface area contributed by atoms with Gasteiger partial charge in [0.1, 0.15) is 5.82 Å². The number of rotatable bonds is 3. The fraction of sp³-hybridized carbons (Fsp3) is 0.118. The van der Waals surface area contributed by atoms with Crippen molar-refractivity contribution in [3.8, 4) is 22.6 Å². The first-order valence-electron chi connectivity index (χ1n) is 6.98. The van der Waals surface area contributed by atoms with Crippen LogP contribution in [0.2, 0.25) is 0 Å². The molecule has 1 heterocycles. The lowest BCUT2D eigenvalue weighted by Gasteiger charge is -2.07. The van der Waals surface area contributed by atoms with E-state index in [0.717, 1.165) is 29.1 Å². The van der Waals surface area contributed by atoms with Gasteiger partial charge in [0.05, 0.1) is 17.5 Å². The number of alkyl halides is 3. The summed E-state index contributed by atoms with van der Waals surface area (Å²) < 4.78 is 38.4. The Labute approximate surface area is 131 Å². The average Bonchev–Trinajstić information content (AvgIpc) is 3.04. The van der Waals surface area contributed by atoms with Crippen LogP contribution in [-0.2, 0) is 6.18 Å². The van der Waals surface area contributed by atoms with Gasteiger partial charge in [0.2, 0.25) is 0 Å². The van der Waals surface area contributed by atoms with Crippen LogP contribution in [0.5, 0.6) is 0 Å². The van der Waals surface area contributed by atoms with Gasteiger partial charge in [-0.2, -0.15) is 13.2 Å². The molecule has 3 nitrogen and oxygen atoms in total. The van der Waals surface area contributed by atoms with E-state index in [1.165, 1.54) is 6.07 Å². The summed E-state index contributed by atoms with van der Waals surface area (Å²) >= 11 is 0. The fourth-order valence-corrected chi connectivity index (χ4v) is 2.27. The minimum Gasteiger partial charge on any atom is -0.388 e. The van der Waals surface area contributed by atoms with Crippen LogP contribution >= 0.6 is 0 Å². The van der Waals surface area contributed by atoms with Gasteiger partial charge in [-0.25, -0.2) is 4.98 Å². The first kappa shape index (κ1) is 15.1. The number of aromatic amines is 1. The van der Waals surface area contributed by atoms with Crippen molar-refractivity contribution in [2.75, 3.05) is 12.4 Å². The number of nitrogens with one attached hydrogen (secondary N) is 2. The number of halogens is 3. The maximum atomic E-state index is 12.8. The number of nitrogens with zero attached hydrogens (tertiary/aromatic N) is 1. The lowest BCUT2D eigenvalue weighted by atomic mass is 10.1. The molecule has 6 heteroatoms. The Kier molecular flexibility index (Phi) is 3.82. The van der Waals surface area contributed by atoms with Crippen LogP contribution in [0.15, 0.2) is 54.7 Å². The van der Waals surface area contributed by atoms with Gasteiger partial charge < -0.3 is 10.3 Å². The van der Waals surface area contributed by atoms with Crippen molar-refractivity contribution in [3.63, 3.8) is 0 Å². The normalized spacial score (nSPS) is 11.5. The van der Waals surface area contributed by atoms with Crippen LogP contribution < -0.4 is 5.32 Å². The van der Waals surface area contributed by atoms with Crippen molar-refractivity contribution < 1.29 is 13.2 Å². The molecule has 0 saturated carbocycles. The highest BCUT2D eigenvalue weighted by Gasteiger charge is 2.30. The molecular formula is C17H14F3N3. The Morgan fingerprint density at radius 2 is 1.74 bits per heavy atom. The van der Waals surface area contributed by atoms with Crippen molar-refractivity contribution in [1.82, 2.24) is 9.97 Å². The molecule has 0 spiro atoms. The zero-order valence-corrected chi connectivity index (χ0v) is 12.3. The topological polar surface area (TPSA) is 40.7 Å². The van der Waals surface area contributed by atoms with E-state index in [1.807, 2.05) is 31.3 Å². The van der Waals surface area contributed by atoms with Crippen LogP contribution in [0.3, 0.4) is 0 Å². The van der Waals surface area contributed by atoms with Gasteiger partial charge in [-0.15, -0.1) is 0 Å². The van der Waals surface area contributed by atoms with E-state index >= 15 is 0 Å². The molecule has 0 aliphatic rings. The van der Waals surface area contributed by atoms with E-state index in [9.17, 15) is 13.2 Å². The maximum Gasteiger partial charge on any atom is 0.416 e. The molecule has 1 aromatic heterocycles. The van der Waals surface area contributed by atoms with Crippen LogP contribution in [0.25, 0.3) is 22.6 Å². The van der Waals surface area contributed by atoms with E-state index < -0.39 is 11.7 Å². The Balaban J connectivity index is 1.92. The predicted octanol–water partition coefficient (Wildman–Crippen LogP) is 4.80. The second-order valence-electron chi connectivity index (χ2n) is 5.05. The van der Waals surface area contributed by atoms with Crippen molar-refractivity contribution >= 4 is 5.69 Å². The van der Waals surface area contributed by atoms with Gasteiger partial charge >= 0.3 is 6.18 Å². The molecular weight excluding hydrogens is 303 g/mol. The summed E-state index contributed by atoms with van der Waals surface area (Å²) in [7, 11) is 1.83. The Morgan fingerprint density at radius 1 is 1.00 bits per heavy atom. The summed E-state index contributed by atoms with van der Waals surface area (Å²) in [6.45, 7) is 0. The van der Waals surface area contributed by atoms with Crippen molar-refractivity contribution in [2.45, 2.75) is 6.18 Å². The molecule has 0 aliphatic heterocycles. The number of H-pyrrole nitrogens is 1. The standard InChI is InChI=1S/C17H14F3N3/c1-21-14-7-5-11(6-8-14)15-10-22-16(23-15)12-3-2-4-13(9-12)17(18,19)20/h2-10,21H,1H3,(H,22,23).